The molecule has 0 spiro atoms. The van der Waals surface area contributed by atoms with E-state index in [4.69, 9.17) is 4.42 Å². The third-order valence-electron chi connectivity index (χ3n) is 5.63. The summed E-state index contributed by atoms with van der Waals surface area (Å²) in [5, 5.41) is 3.92. The number of fused-ring (bicyclic) bond motifs is 2. The number of nitrogens with one attached hydrogen (secondary N) is 1. The first-order valence-corrected chi connectivity index (χ1v) is 9.86. The summed E-state index contributed by atoms with van der Waals surface area (Å²) in [7, 11) is 1.99. The number of para-hydroxylation sites is 1. The third kappa shape index (κ3) is 2.97. The average molecular weight is 399 g/mol. The van der Waals surface area contributed by atoms with Gasteiger partial charge in [0.2, 0.25) is 5.91 Å². The van der Waals surface area contributed by atoms with E-state index >= 15 is 0 Å². The van der Waals surface area contributed by atoms with Crippen LogP contribution in [0.1, 0.15) is 33.3 Å². The number of nitrogens with zero attached hydrogens (tertiary/aromatic N) is 2. The highest BCUT2D eigenvalue weighted by Crippen LogP contribution is 2.41. The minimum Gasteiger partial charge on any atom is -0.467 e. The van der Waals surface area contributed by atoms with Crippen molar-refractivity contribution in [3.8, 4) is 0 Å². The van der Waals surface area contributed by atoms with Crippen LogP contribution in [0, 0.1) is 0 Å². The number of rotatable bonds is 5. The molecule has 0 saturated heterocycles. The minimum absolute atomic E-state index is 0.0257. The fourth-order valence-corrected chi connectivity index (χ4v) is 4.27. The predicted octanol–water partition coefficient (Wildman–Crippen LogP) is 3.63. The highest BCUT2D eigenvalue weighted by atomic mass is 16.3. The quantitative estimate of drug-likeness (QED) is 0.557. The number of hydrogen-bond donors (Lipinski definition) is 1. The first kappa shape index (κ1) is 18.2. The second kappa shape index (κ2) is 7.22. The summed E-state index contributed by atoms with van der Waals surface area (Å²) in [5.74, 6) is 0.319. The minimum atomic E-state index is -0.311. The Morgan fingerprint density at radius 2 is 1.83 bits per heavy atom. The number of furan rings is 1. The zero-order valence-corrected chi connectivity index (χ0v) is 16.5. The van der Waals surface area contributed by atoms with E-state index in [1.165, 1.54) is 0 Å². The molecular formula is C24H21N3O3. The maximum atomic E-state index is 13.2. The number of benzene rings is 2. The van der Waals surface area contributed by atoms with E-state index in [1.54, 1.807) is 23.3 Å². The van der Waals surface area contributed by atoms with Gasteiger partial charge >= 0.3 is 0 Å². The Balaban J connectivity index is 1.50. The van der Waals surface area contributed by atoms with Crippen molar-refractivity contribution >= 4 is 22.7 Å². The molecule has 30 heavy (non-hydrogen) atoms. The van der Waals surface area contributed by atoms with Crippen LogP contribution >= 0.6 is 0 Å². The van der Waals surface area contributed by atoms with Crippen molar-refractivity contribution in [3.05, 3.63) is 95.6 Å². The molecule has 1 aliphatic heterocycles. The van der Waals surface area contributed by atoms with Crippen molar-refractivity contribution in [1.82, 2.24) is 14.8 Å². The van der Waals surface area contributed by atoms with E-state index in [2.05, 4.69) is 28.2 Å². The molecule has 0 unspecified atom stereocenters. The molecule has 1 atom stereocenters. The van der Waals surface area contributed by atoms with Crippen LogP contribution in [0.3, 0.4) is 0 Å². The number of carbonyl (C=O) groups is 2. The van der Waals surface area contributed by atoms with Crippen LogP contribution in [0.25, 0.3) is 10.9 Å². The molecular weight excluding hydrogens is 378 g/mol. The monoisotopic (exact) mass is 399 g/mol. The summed E-state index contributed by atoms with van der Waals surface area (Å²) in [5.41, 5.74) is 3.68. The smallest absolute Gasteiger partial charge is 0.255 e. The van der Waals surface area contributed by atoms with Crippen molar-refractivity contribution in [3.63, 3.8) is 0 Å². The number of hydrogen-bond acceptors (Lipinski definition) is 3. The van der Waals surface area contributed by atoms with E-state index in [1.807, 2.05) is 43.4 Å². The Morgan fingerprint density at radius 1 is 1.03 bits per heavy atom. The van der Waals surface area contributed by atoms with Gasteiger partial charge < -0.3 is 19.2 Å². The lowest BCUT2D eigenvalue weighted by Gasteiger charge is -2.25. The lowest BCUT2D eigenvalue weighted by molar-refractivity contribution is -0.122. The molecule has 2 amide bonds. The van der Waals surface area contributed by atoms with E-state index in [-0.39, 0.29) is 24.4 Å². The molecule has 0 aliphatic carbocycles. The van der Waals surface area contributed by atoms with E-state index in [9.17, 15) is 9.59 Å². The summed E-state index contributed by atoms with van der Waals surface area (Å²) in [6.07, 6.45) is 3.62. The number of amides is 2. The third-order valence-corrected chi connectivity index (χ3v) is 5.63. The maximum Gasteiger partial charge on any atom is 0.255 e. The van der Waals surface area contributed by atoms with Gasteiger partial charge in [-0.25, -0.2) is 0 Å². The molecule has 1 N–H and O–H groups in total. The standard InChI is InChI=1S/C24H21N3O3/c1-26-14-20(17-8-4-5-11-21(17)26)23-18-9-2-3-10-19(18)24(29)27(23)15-22(28)25-13-16-7-6-12-30-16/h2-12,14,23H,13,15H2,1H3,(H,25,28)/t23-/m1/s1. The van der Waals surface area contributed by atoms with Gasteiger partial charge in [0.15, 0.2) is 0 Å². The lowest BCUT2D eigenvalue weighted by Crippen LogP contribution is -2.39. The summed E-state index contributed by atoms with van der Waals surface area (Å²) in [6, 6.07) is 19.0. The van der Waals surface area contributed by atoms with Crippen LogP contribution < -0.4 is 5.32 Å². The Labute approximate surface area is 173 Å². The largest absolute Gasteiger partial charge is 0.467 e. The summed E-state index contributed by atoms with van der Waals surface area (Å²) >= 11 is 0. The van der Waals surface area contributed by atoms with Crippen molar-refractivity contribution < 1.29 is 14.0 Å². The highest BCUT2D eigenvalue weighted by molar-refractivity contribution is 6.02. The number of aromatic nitrogens is 1. The molecule has 0 bridgehead atoms. The Hall–Kier alpha value is -3.80. The molecule has 2 aromatic carbocycles. The zero-order valence-electron chi connectivity index (χ0n) is 16.5. The zero-order chi connectivity index (χ0) is 20.7. The fourth-order valence-electron chi connectivity index (χ4n) is 4.27. The second-order valence-electron chi connectivity index (χ2n) is 7.49. The van der Waals surface area contributed by atoms with Crippen LogP contribution in [-0.2, 0) is 18.4 Å². The number of aryl methyl sites for hydroxylation is 1. The fraction of sp³-hybridized carbons (Fsp3) is 0.167. The second-order valence-corrected chi connectivity index (χ2v) is 7.49. The van der Waals surface area contributed by atoms with E-state index in [0.29, 0.717) is 17.9 Å². The summed E-state index contributed by atoms with van der Waals surface area (Å²) < 4.78 is 7.33. The molecule has 5 rings (SSSR count). The molecule has 150 valence electrons. The van der Waals surface area contributed by atoms with Gasteiger partial charge in [0.25, 0.3) is 5.91 Å². The molecule has 6 heteroatoms. The first-order chi connectivity index (χ1) is 14.6. The van der Waals surface area contributed by atoms with Gasteiger partial charge in [-0.15, -0.1) is 0 Å². The number of carbonyl (C=O) groups excluding carboxylic acids is 2. The van der Waals surface area contributed by atoms with Gasteiger partial charge in [0, 0.05) is 35.3 Å². The van der Waals surface area contributed by atoms with E-state index in [0.717, 1.165) is 22.0 Å². The Kier molecular flexibility index (Phi) is 4.39. The van der Waals surface area contributed by atoms with Crippen molar-refractivity contribution in [2.45, 2.75) is 12.6 Å². The SMILES string of the molecule is Cn1cc([C@H]2c3ccccc3C(=O)N2CC(=O)NCc2ccco2)c2ccccc21. The normalized spacial score (nSPS) is 15.6. The molecule has 1 aliphatic rings. The molecule has 2 aromatic heterocycles. The highest BCUT2D eigenvalue weighted by Gasteiger charge is 2.39. The summed E-state index contributed by atoms with van der Waals surface area (Å²) in [6.45, 7) is 0.266. The topological polar surface area (TPSA) is 67.5 Å². The van der Waals surface area contributed by atoms with Gasteiger partial charge in [0.1, 0.15) is 12.3 Å². The molecule has 0 radical (unpaired) electrons. The van der Waals surface area contributed by atoms with Crippen molar-refractivity contribution in [2.75, 3.05) is 6.54 Å². The Morgan fingerprint density at radius 3 is 2.67 bits per heavy atom. The average Bonchev–Trinajstić information content (AvgIpc) is 3.46. The van der Waals surface area contributed by atoms with Gasteiger partial charge in [-0.3, -0.25) is 9.59 Å². The van der Waals surface area contributed by atoms with Gasteiger partial charge in [-0.1, -0.05) is 36.4 Å². The molecule has 4 aromatic rings. The van der Waals surface area contributed by atoms with Crippen LogP contribution in [0.4, 0.5) is 0 Å². The van der Waals surface area contributed by atoms with Crippen LogP contribution in [0.15, 0.2) is 77.5 Å². The van der Waals surface area contributed by atoms with Crippen molar-refractivity contribution in [2.24, 2.45) is 7.05 Å². The predicted molar refractivity (Wildman–Crippen MR) is 113 cm³/mol. The van der Waals surface area contributed by atoms with Crippen molar-refractivity contribution in [1.29, 1.82) is 0 Å². The van der Waals surface area contributed by atoms with E-state index < -0.39 is 0 Å². The Bertz CT molecular complexity index is 1240. The lowest BCUT2D eigenvalue weighted by atomic mass is 9.97. The summed E-state index contributed by atoms with van der Waals surface area (Å²) in [4.78, 5) is 27.6. The molecule has 0 fully saturated rings. The van der Waals surface area contributed by atoms with Gasteiger partial charge in [0.05, 0.1) is 18.8 Å². The van der Waals surface area contributed by atoms with Gasteiger partial charge in [-0.05, 0) is 29.8 Å². The molecule has 0 saturated carbocycles. The maximum absolute atomic E-state index is 13.2. The first-order valence-electron chi connectivity index (χ1n) is 9.86. The van der Waals surface area contributed by atoms with Gasteiger partial charge in [-0.2, -0.15) is 0 Å². The van der Waals surface area contributed by atoms with Crippen LogP contribution in [0.2, 0.25) is 0 Å². The van der Waals surface area contributed by atoms with Crippen LogP contribution in [0.5, 0.6) is 0 Å². The van der Waals surface area contributed by atoms with Crippen LogP contribution in [-0.4, -0.2) is 27.8 Å². The molecule has 3 heterocycles. The molecule has 6 nitrogen and oxygen atoms in total.